The summed E-state index contributed by atoms with van der Waals surface area (Å²) < 4.78 is 0. The van der Waals surface area contributed by atoms with Crippen molar-refractivity contribution >= 4 is 16.8 Å². The number of aromatic nitrogens is 2. The van der Waals surface area contributed by atoms with Gasteiger partial charge in [0.15, 0.2) is 0 Å². The van der Waals surface area contributed by atoms with Gasteiger partial charge in [-0.3, -0.25) is 14.5 Å². The molecule has 2 aromatic carbocycles. The van der Waals surface area contributed by atoms with Crippen molar-refractivity contribution in [1.29, 1.82) is 0 Å². The number of aromatic amines is 1. The van der Waals surface area contributed by atoms with Gasteiger partial charge in [-0.15, -0.1) is 0 Å². The van der Waals surface area contributed by atoms with Crippen LogP contribution in [-0.4, -0.2) is 51.9 Å². The molecule has 1 fully saturated rings. The van der Waals surface area contributed by atoms with Gasteiger partial charge in [0, 0.05) is 31.7 Å². The van der Waals surface area contributed by atoms with Crippen LogP contribution in [0, 0.1) is 0 Å². The van der Waals surface area contributed by atoms with E-state index in [2.05, 4.69) is 28.7 Å². The lowest BCUT2D eigenvalue weighted by Gasteiger charge is -2.34. The van der Waals surface area contributed by atoms with Gasteiger partial charge in [-0.05, 0) is 35.7 Å². The van der Waals surface area contributed by atoms with Gasteiger partial charge < -0.3 is 9.88 Å². The highest BCUT2D eigenvalue weighted by atomic mass is 16.2. The molecule has 1 amide bonds. The molecule has 3 aromatic rings. The number of nitrogens with one attached hydrogen (secondary N) is 1. The van der Waals surface area contributed by atoms with Crippen molar-refractivity contribution in [3.05, 3.63) is 75.8 Å². The largest absolute Gasteiger partial charge is 0.336 e. The second kappa shape index (κ2) is 8.17. The van der Waals surface area contributed by atoms with Gasteiger partial charge >= 0.3 is 0 Å². The summed E-state index contributed by atoms with van der Waals surface area (Å²) in [5.74, 6) is 1.20. The summed E-state index contributed by atoms with van der Waals surface area (Å²) in [5, 5.41) is 0.607. The summed E-state index contributed by atoms with van der Waals surface area (Å²) >= 11 is 0. The van der Waals surface area contributed by atoms with Gasteiger partial charge in [0.05, 0.1) is 17.4 Å². The van der Waals surface area contributed by atoms with E-state index in [0.29, 0.717) is 42.3 Å². The van der Waals surface area contributed by atoms with E-state index < -0.39 is 0 Å². The van der Waals surface area contributed by atoms with Crippen molar-refractivity contribution < 1.29 is 4.79 Å². The number of carbonyl (C=O) groups is 1. The Labute approximate surface area is 170 Å². The topological polar surface area (TPSA) is 69.3 Å². The number of rotatable bonds is 4. The maximum Gasteiger partial charge on any atom is 0.258 e. The Hall–Kier alpha value is -2.99. The maximum absolute atomic E-state index is 12.8. The van der Waals surface area contributed by atoms with Gasteiger partial charge in [-0.25, -0.2) is 4.98 Å². The van der Waals surface area contributed by atoms with Crippen LogP contribution in [0.5, 0.6) is 0 Å². The Morgan fingerprint density at radius 1 is 1.03 bits per heavy atom. The summed E-state index contributed by atoms with van der Waals surface area (Å²) in [4.78, 5) is 36.6. The Bertz CT molecular complexity index is 1060. The summed E-state index contributed by atoms with van der Waals surface area (Å²) in [5.41, 5.74) is 2.58. The van der Waals surface area contributed by atoms with Crippen LogP contribution < -0.4 is 5.56 Å². The van der Waals surface area contributed by atoms with Gasteiger partial charge in [-0.2, -0.15) is 0 Å². The van der Waals surface area contributed by atoms with E-state index in [1.54, 1.807) is 6.07 Å². The van der Waals surface area contributed by atoms with Crippen molar-refractivity contribution in [3.63, 3.8) is 0 Å². The number of benzene rings is 2. The number of amides is 1. The lowest BCUT2D eigenvalue weighted by molar-refractivity contribution is 0.0625. The first-order valence-corrected chi connectivity index (χ1v) is 10.1. The first kappa shape index (κ1) is 19.3. The SMILES string of the molecule is CC(C)c1ccc(C(=O)N2CCN(Cc3nc4ccccc4c(=O)[nH]3)CC2)cc1. The van der Waals surface area contributed by atoms with Gasteiger partial charge in [0.2, 0.25) is 0 Å². The Kier molecular flexibility index (Phi) is 5.45. The van der Waals surface area contributed by atoms with Crippen LogP contribution in [0.25, 0.3) is 10.9 Å². The third kappa shape index (κ3) is 4.22. The molecule has 1 aliphatic rings. The maximum atomic E-state index is 12.8. The Morgan fingerprint density at radius 3 is 2.41 bits per heavy atom. The Balaban J connectivity index is 1.38. The minimum absolute atomic E-state index is 0.0807. The predicted octanol–water partition coefficient (Wildman–Crippen LogP) is 3.00. The van der Waals surface area contributed by atoms with Crippen LogP contribution in [-0.2, 0) is 6.54 Å². The van der Waals surface area contributed by atoms with Crippen molar-refractivity contribution in [3.8, 4) is 0 Å². The quantitative estimate of drug-likeness (QED) is 0.744. The first-order valence-electron chi connectivity index (χ1n) is 10.1. The van der Waals surface area contributed by atoms with Gasteiger partial charge in [0.25, 0.3) is 11.5 Å². The number of fused-ring (bicyclic) bond motifs is 1. The molecule has 0 radical (unpaired) electrons. The molecule has 150 valence electrons. The highest BCUT2D eigenvalue weighted by Crippen LogP contribution is 2.17. The number of H-pyrrole nitrogens is 1. The molecule has 4 rings (SSSR count). The smallest absolute Gasteiger partial charge is 0.258 e. The molecule has 1 aliphatic heterocycles. The molecule has 0 bridgehead atoms. The number of nitrogens with zero attached hydrogens (tertiary/aromatic N) is 3. The minimum atomic E-state index is -0.107. The molecule has 1 N–H and O–H groups in total. The summed E-state index contributed by atoms with van der Waals surface area (Å²) in [7, 11) is 0. The third-order valence-electron chi connectivity index (χ3n) is 5.52. The van der Waals surface area contributed by atoms with E-state index in [9.17, 15) is 9.59 Å². The zero-order chi connectivity index (χ0) is 20.4. The van der Waals surface area contributed by atoms with E-state index in [1.165, 1.54) is 5.56 Å². The first-order chi connectivity index (χ1) is 14.0. The van der Waals surface area contributed by atoms with Crippen LogP contribution in [0.2, 0.25) is 0 Å². The third-order valence-corrected chi connectivity index (χ3v) is 5.52. The second-order valence-electron chi connectivity index (χ2n) is 7.87. The van der Waals surface area contributed by atoms with Crippen LogP contribution >= 0.6 is 0 Å². The number of piperazine rings is 1. The van der Waals surface area contributed by atoms with E-state index in [0.717, 1.165) is 18.7 Å². The number of hydrogen-bond acceptors (Lipinski definition) is 4. The predicted molar refractivity (Wildman–Crippen MR) is 114 cm³/mol. The molecular formula is C23H26N4O2. The molecule has 0 aliphatic carbocycles. The molecule has 0 unspecified atom stereocenters. The van der Waals surface area contributed by atoms with Gasteiger partial charge in [0.1, 0.15) is 5.82 Å². The van der Waals surface area contributed by atoms with Crippen molar-refractivity contribution in [2.45, 2.75) is 26.3 Å². The molecule has 6 heteroatoms. The average molecular weight is 390 g/mol. The number of hydrogen-bond donors (Lipinski definition) is 1. The molecule has 0 spiro atoms. The standard InChI is InChI=1S/C23H26N4O2/c1-16(2)17-7-9-18(10-8-17)23(29)27-13-11-26(12-14-27)15-21-24-20-6-4-3-5-19(20)22(28)25-21/h3-10,16H,11-15H2,1-2H3,(H,24,25,28). The minimum Gasteiger partial charge on any atom is -0.336 e. The lowest BCUT2D eigenvalue weighted by atomic mass is 10.0. The van der Waals surface area contributed by atoms with E-state index >= 15 is 0 Å². The fourth-order valence-corrected chi connectivity index (χ4v) is 3.72. The zero-order valence-corrected chi connectivity index (χ0v) is 16.9. The molecule has 29 heavy (non-hydrogen) atoms. The molecule has 1 aromatic heterocycles. The Morgan fingerprint density at radius 2 is 1.72 bits per heavy atom. The molecule has 1 saturated heterocycles. The monoisotopic (exact) mass is 390 g/mol. The lowest BCUT2D eigenvalue weighted by Crippen LogP contribution is -2.48. The highest BCUT2D eigenvalue weighted by Gasteiger charge is 2.22. The molecule has 0 saturated carbocycles. The number of carbonyl (C=O) groups excluding carboxylic acids is 1. The fourth-order valence-electron chi connectivity index (χ4n) is 3.72. The fraction of sp³-hybridized carbons (Fsp3) is 0.348. The second-order valence-corrected chi connectivity index (χ2v) is 7.87. The molecule has 6 nitrogen and oxygen atoms in total. The van der Waals surface area contributed by atoms with Crippen LogP contribution in [0.3, 0.4) is 0 Å². The number of para-hydroxylation sites is 1. The van der Waals surface area contributed by atoms with Crippen LogP contribution in [0.15, 0.2) is 53.3 Å². The van der Waals surface area contributed by atoms with E-state index in [4.69, 9.17) is 0 Å². The van der Waals surface area contributed by atoms with Crippen LogP contribution in [0.4, 0.5) is 0 Å². The zero-order valence-electron chi connectivity index (χ0n) is 16.9. The van der Waals surface area contributed by atoms with E-state index in [-0.39, 0.29) is 11.5 Å². The molecular weight excluding hydrogens is 364 g/mol. The summed E-state index contributed by atoms with van der Waals surface area (Å²) in [6, 6.07) is 15.3. The van der Waals surface area contributed by atoms with Crippen molar-refractivity contribution in [2.24, 2.45) is 0 Å². The van der Waals surface area contributed by atoms with Crippen molar-refractivity contribution in [1.82, 2.24) is 19.8 Å². The average Bonchev–Trinajstić information content (AvgIpc) is 2.74. The summed E-state index contributed by atoms with van der Waals surface area (Å²) in [6.45, 7) is 7.72. The van der Waals surface area contributed by atoms with Crippen LogP contribution in [0.1, 0.15) is 41.5 Å². The summed E-state index contributed by atoms with van der Waals surface area (Å²) in [6.07, 6.45) is 0. The molecule has 0 atom stereocenters. The molecule has 2 heterocycles. The highest BCUT2D eigenvalue weighted by molar-refractivity contribution is 5.94. The van der Waals surface area contributed by atoms with E-state index in [1.807, 2.05) is 47.4 Å². The normalized spacial score (nSPS) is 15.2. The van der Waals surface area contributed by atoms with Gasteiger partial charge in [-0.1, -0.05) is 38.1 Å². The van der Waals surface area contributed by atoms with Crippen molar-refractivity contribution in [2.75, 3.05) is 26.2 Å².